The lowest BCUT2D eigenvalue weighted by atomic mass is 10.3. The largest absolute Gasteiger partial charge is 0.376 e. The lowest BCUT2D eigenvalue weighted by molar-refractivity contribution is -0.0818. The van der Waals surface area contributed by atoms with Gasteiger partial charge in [-0.3, -0.25) is 0 Å². The average molecular weight is 215 g/mol. The molecule has 1 aliphatic rings. The van der Waals surface area contributed by atoms with E-state index in [4.69, 9.17) is 9.47 Å². The van der Waals surface area contributed by atoms with Gasteiger partial charge in [0.25, 0.3) is 0 Å². The highest BCUT2D eigenvalue weighted by molar-refractivity contribution is 7.15. The molecular formula is C8H13N3O2S. The van der Waals surface area contributed by atoms with Gasteiger partial charge >= 0.3 is 0 Å². The van der Waals surface area contributed by atoms with Crippen molar-refractivity contribution in [3.8, 4) is 0 Å². The maximum Gasteiger partial charge on any atom is 0.205 e. The molecule has 1 N–H and O–H groups in total. The van der Waals surface area contributed by atoms with Crippen molar-refractivity contribution in [3.05, 3.63) is 5.01 Å². The number of aryl methyl sites for hydroxylation is 1. The van der Waals surface area contributed by atoms with Crippen LogP contribution in [-0.2, 0) is 9.47 Å². The van der Waals surface area contributed by atoms with E-state index in [-0.39, 0.29) is 6.10 Å². The van der Waals surface area contributed by atoms with Crippen molar-refractivity contribution in [2.75, 3.05) is 31.7 Å². The van der Waals surface area contributed by atoms with Gasteiger partial charge in [-0.15, -0.1) is 10.2 Å². The van der Waals surface area contributed by atoms with Crippen LogP contribution in [0.4, 0.5) is 5.13 Å². The zero-order valence-corrected chi connectivity index (χ0v) is 8.84. The van der Waals surface area contributed by atoms with Crippen molar-refractivity contribution in [3.63, 3.8) is 0 Å². The molecule has 0 aromatic carbocycles. The highest BCUT2D eigenvalue weighted by Gasteiger charge is 2.14. The Bertz CT molecular complexity index is 286. The van der Waals surface area contributed by atoms with Gasteiger partial charge in [0.1, 0.15) is 5.01 Å². The minimum absolute atomic E-state index is 0.132. The molecule has 0 bridgehead atoms. The Balaban J connectivity index is 1.76. The summed E-state index contributed by atoms with van der Waals surface area (Å²) in [5.74, 6) is 0. The van der Waals surface area contributed by atoms with Gasteiger partial charge in [-0.05, 0) is 6.92 Å². The number of rotatable bonds is 3. The standard InChI is InChI=1S/C8H13N3O2S/c1-6-10-11-8(14-6)9-4-7-5-12-2-3-13-7/h7H,2-5H2,1H3,(H,9,11). The molecule has 14 heavy (non-hydrogen) atoms. The van der Waals surface area contributed by atoms with E-state index in [2.05, 4.69) is 15.5 Å². The van der Waals surface area contributed by atoms with Crippen LogP contribution in [0.15, 0.2) is 0 Å². The van der Waals surface area contributed by atoms with Crippen molar-refractivity contribution in [1.82, 2.24) is 10.2 Å². The van der Waals surface area contributed by atoms with E-state index in [0.29, 0.717) is 19.8 Å². The Morgan fingerprint density at radius 2 is 2.43 bits per heavy atom. The van der Waals surface area contributed by atoms with Gasteiger partial charge in [0.2, 0.25) is 5.13 Å². The van der Waals surface area contributed by atoms with E-state index in [1.54, 1.807) is 11.3 Å². The van der Waals surface area contributed by atoms with Crippen LogP contribution in [0.5, 0.6) is 0 Å². The summed E-state index contributed by atoms with van der Waals surface area (Å²) < 4.78 is 10.8. The maximum absolute atomic E-state index is 5.48. The molecule has 0 amide bonds. The maximum atomic E-state index is 5.48. The van der Waals surface area contributed by atoms with Crippen molar-refractivity contribution in [2.45, 2.75) is 13.0 Å². The van der Waals surface area contributed by atoms with Crippen LogP contribution in [0.1, 0.15) is 5.01 Å². The first kappa shape index (κ1) is 9.82. The van der Waals surface area contributed by atoms with Crippen molar-refractivity contribution >= 4 is 16.5 Å². The molecular weight excluding hydrogens is 202 g/mol. The minimum atomic E-state index is 0.132. The third-order valence-electron chi connectivity index (χ3n) is 1.89. The Kier molecular flexibility index (Phi) is 3.28. The van der Waals surface area contributed by atoms with Gasteiger partial charge in [0.05, 0.1) is 25.9 Å². The smallest absolute Gasteiger partial charge is 0.205 e. The van der Waals surface area contributed by atoms with Gasteiger partial charge in [-0.25, -0.2) is 0 Å². The second kappa shape index (κ2) is 4.68. The minimum Gasteiger partial charge on any atom is -0.376 e. The lowest BCUT2D eigenvalue weighted by Crippen LogP contribution is -2.34. The summed E-state index contributed by atoms with van der Waals surface area (Å²) in [4.78, 5) is 0. The van der Waals surface area contributed by atoms with Gasteiger partial charge in [0, 0.05) is 6.54 Å². The van der Waals surface area contributed by atoms with Crippen molar-refractivity contribution < 1.29 is 9.47 Å². The van der Waals surface area contributed by atoms with E-state index >= 15 is 0 Å². The highest BCUT2D eigenvalue weighted by Crippen LogP contribution is 2.13. The molecule has 78 valence electrons. The molecule has 1 aromatic heterocycles. The quantitative estimate of drug-likeness (QED) is 0.803. The summed E-state index contributed by atoms with van der Waals surface area (Å²) in [6.07, 6.45) is 0.132. The molecule has 0 saturated carbocycles. The summed E-state index contributed by atoms with van der Waals surface area (Å²) in [6.45, 7) is 4.71. The van der Waals surface area contributed by atoms with Gasteiger partial charge in [-0.1, -0.05) is 11.3 Å². The molecule has 1 aromatic rings. The number of nitrogens with zero attached hydrogens (tertiary/aromatic N) is 2. The Hall–Kier alpha value is -0.720. The summed E-state index contributed by atoms with van der Waals surface area (Å²) in [5.41, 5.74) is 0. The van der Waals surface area contributed by atoms with Crippen LogP contribution in [-0.4, -0.2) is 42.7 Å². The number of aromatic nitrogens is 2. The molecule has 5 nitrogen and oxygen atoms in total. The van der Waals surface area contributed by atoms with Crippen LogP contribution in [0, 0.1) is 6.92 Å². The third-order valence-corrected chi connectivity index (χ3v) is 2.69. The first-order valence-electron chi connectivity index (χ1n) is 4.58. The van der Waals surface area contributed by atoms with E-state index in [1.807, 2.05) is 6.92 Å². The van der Waals surface area contributed by atoms with Crippen LogP contribution in [0.2, 0.25) is 0 Å². The van der Waals surface area contributed by atoms with E-state index in [1.165, 1.54) is 0 Å². The Morgan fingerprint density at radius 3 is 3.07 bits per heavy atom. The van der Waals surface area contributed by atoms with Crippen LogP contribution in [0.3, 0.4) is 0 Å². The fraction of sp³-hybridized carbons (Fsp3) is 0.750. The molecule has 0 aliphatic carbocycles. The van der Waals surface area contributed by atoms with Gasteiger partial charge in [-0.2, -0.15) is 0 Å². The third kappa shape index (κ3) is 2.63. The predicted octanol–water partition coefficient (Wildman–Crippen LogP) is 0.674. The normalized spacial score (nSPS) is 22.2. The van der Waals surface area contributed by atoms with Gasteiger partial charge < -0.3 is 14.8 Å². The molecule has 1 atom stereocenters. The fourth-order valence-corrected chi connectivity index (χ4v) is 1.82. The number of hydrogen-bond donors (Lipinski definition) is 1. The molecule has 0 spiro atoms. The van der Waals surface area contributed by atoms with E-state index in [0.717, 1.165) is 16.7 Å². The number of ether oxygens (including phenoxy) is 2. The predicted molar refractivity (Wildman–Crippen MR) is 53.7 cm³/mol. The molecule has 1 aliphatic heterocycles. The first-order chi connectivity index (χ1) is 6.84. The second-order valence-electron chi connectivity index (χ2n) is 3.07. The first-order valence-corrected chi connectivity index (χ1v) is 5.39. The highest BCUT2D eigenvalue weighted by atomic mass is 32.1. The second-order valence-corrected chi connectivity index (χ2v) is 4.26. The zero-order chi connectivity index (χ0) is 9.80. The van der Waals surface area contributed by atoms with Crippen LogP contribution < -0.4 is 5.32 Å². The van der Waals surface area contributed by atoms with Crippen LogP contribution >= 0.6 is 11.3 Å². The molecule has 1 saturated heterocycles. The topological polar surface area (TPSA) is 56.3 Å². The Morgan fingerprint density at radius 1 is 1.50 bits per heavy atom. The summed E-state index contributed by atoms with van der Waals surface area (Å²) in [5, 5.41) is 12.9. The zero-order valence-electron chi connectivity index (χ0n) is 8.02. The fourth-order valence-electron chi connectivity index (χ4n) is 1.22. The van der Waals surface area contributed by atoms with E-state index in [9.17, 15) is 0 Å². The molecule has 0 radical (unpaired) electrons. The van der Waals surface area contributed by atoms with Crippen LogP contribution in [0.25, 0.3) is 0 Å². The molecule has 6 heteroatoms. The SMILES string of the molecule is Cc1nnc(NCC2COCCO2)s1. The number of anilines is 1. The molecule has 1 fully saturated rings. The Labute approximate surface area is 86.4 Å². The number of nitrogens with one attached hydrogen (secondary N) is 1. The van der Waals surface area contributed by atoms with E-state index < -0.39 is 0 Å². The van der Waals surface area contributed by atoms with Gasteiger partial charge in [0.15, 0.2) is 0 Å². The average Bonchev–Trinajstić information content (AvgIpc) is 2.63. The monoisotopic (exact) mass is 215 g/mol. The number of hydrogen-bond acceptors (Lipinski definition) is 6. The van der Waals surface area contributed by atoms with Crippen molar-refractivity contribution in [2.24, 2.45) is 0 Å². The molecule has 1 unspecified atom stereocenters. The van der Waals surface area contributed by atoms with Crippen molar-refractivity contribution in [1.29, 1.82) is 0 Å². The molecule has 2 heterocycles. The summed E-state index contributed by atoms with van der Waals surface area (Å²) >= 11 is 1.55. The molecule has 2 rings (SSSR count). The lowest BCUT2D eigenvalue weighted by Gasteiger charge is -2.22. The summed E-state index contributed by atoms with van der Waals surface area (Å²) in [7, 11) is 0. The summed E-state index contributed by atoms with van der Waals surface area (Å²) in [6, 6.07) is 0.